The lowest BCUT2D eigenvalue weighted by atomic mass is 10.3. The molecule has 9 nitrogen and oxygen atoms in total. The number of methoxy groups -OCH3 is 1. The maximum absolute atomic E-state index is 12.5. The summed E-state index contributed by atoms with van der Waals surface area (Å²) in [5, 5.41) is 13.3. The van der Waals surface area contributed by atoms with Crippen LogP contribution in [0.4, 0.5) is 36.2 Å². The topological polar surface area (TPSA) is 107 Å². The number of benzene rings is 2. The lowest BCUT2D eigenvalue weighted by molar-refractivity contribution is -0.274. The Kier molecular flexibility index (Phi) is 4.96. The SMILES string of the molecule is COc1ccccc1Nc1nc2nonc2nc1Nc1cccc(OC(F)(F)F)c1. The van der Waals surface area contributed by atoms with Crippen molar-refractivity contribution >= 4 is 34.3 Å². The van der Waals surface area contributed by atoms with E-state index in [1.165, 1.54) is 25.3 Å². The molecule has 4 rings (SSSR count). The predicted molar refractivity (Wildman–Crippen MR) is 100 cm³/mol. The summed E-state index contributed by atoms with van der Waals surface area (Å²) in [6.07, 6.45) is -4.81. The molecule has 12 heteroatoms. The molecule has 0 saturated heterocycles. The van der Waals surface area contributed by atoms with Crippen molar-refractivity contribution in [1.82, 2.24) is 20.3 Å². The first-order chi connectivity index (χ1) is 14.4. The number of hydrogen-bond donors (Lipinski definition) is 2. The van der Waals surface area contributed by atoms with Crippen molar-refractivity contribution in [3.63, 3.8) is 0 Å². The smallest absolute Gasteiger partial charge is 0.495 e. The van der Waals surface area contributed by atoms with Gasteiger partial charge in [-0.05, 0) is 34.6 Å². The fourth-order valence-electron chi connectivity index (χ4n) is 2.60. The number of nitrogens with one attached hydrogen (secondary N) is 2. The van der Waals surface area contributed by atoms with Gasteiger partial charge in [-0.25, -0.2) is 14.6 Å². The van der Waals surface area contributed by atoms with Crippen LogP contribution in [0.1, 0.15) is 0 Å². The van der Waals surface area contributed by atoms with Crippen LogP contribution in [0.15, 0.2) is 53.2 Å². The molecule has 30 heavy (non-hydrogen) atoms. The van der Waals surface area contributed by atoms with Gasteiger partial charge >= 0.3 is 6.36 Å². The Labute approximate surface area is 166 Å². The van der Waals surface area contributed by atoms with Crippen LogP contribution >= 0.6 is 0 Å². The van der Waals surface area contributed by atoms with Gasteiger partial charge in [-0.3, -0.25) is 0 Å². The molecule has 0 bridgehead atoms. The molecule has 0 fully saturated rings. The minimum atomic E-state index is -4.81. The molecule has 2 N–H and O–H groups in total. The van der Waals surface area contributed by atoms with Crippen molar-refractivity contribution in [2.45, 2.75) is 6.36 Å². The van der Waals surface area contributed by atoms with Crippen LogP contribution in [0.5, 0.6) is 11.5 Å². The zero-order valence-electron chi connectivity index (χ0n) is 15.3. The van der Waals surface area contributed by atoms with Crippen LogP contribution < -0.4 is 20.1 Å². The second-order valence-corrected chi connectivity index (χ2v) is 5.86. The van der Waals surface area contributed by atoms with E-state index in [9.17, 15) is 13.2 Å². The first-order valence-electron chi connectivity index (χ1n) is 8.44. The monoisotopic (exact) mass is 418 g/mol. The van der Waals surface area contributed by atoms with Gasteiger partial charge in [0.1, 0.15) is 11.5 Å². The maximum atomic E-state index is 12.5. The van der Waals surface area contributed by atoms with Crippen molar-refractivity contribution in [3.8, 4) is 11.5 Å². The van der Waals surface area contributed by atoms with E-state index in [4.69, 9.17) is 4.74 Å². The van der Waals surface area contributed by atoms with Gasteiger partial charge in [0.15, 0.2) is 11.6 Å². The molecule has 2 heterocycles. The molecule has 0 aliphatic carbocycles. The summed E-state index contributed by atoms with van der Waals surface area (Å²) in [5.41, 5.74) is 1.13. The Morgan fingerprint density at radius 1 is 0.900 bits per heavy atom. The van der Waals surface area contributed by atoms with Crippen LogP contribution in [-0.4, -0.2) is 33.8 Å². The molecule has 0 amide bonds. The predicted octanol–water partition coefficient (Wildman–Crippen LogP) is 4.41. The minimum absolute atomic E-state index is 0.116. The first-order valence-corrected chi connectivity index (χ1v) is 8.44. The summed E-state index contributed by atoms with van der Waals surface area (Å²) in [4.78, 5) is 8.59. The maximum Gasteiger partial charge on any atom is 0.573 e. The lowest BCUT2D eigenvalue weighted by Gasteiger charge is -2.14. The molecule has 0 aliphatic heterocycles. The number of fused-ring (bicyclic) bond motifs is 1. The number of aromatic nitrogens is 4. The van der Waals surface area contributed by atoms with E-state index >= 15 is 0 Å². The lowest BCUT2D eigenvalue weighted by Crippen LogP contribution is -2.17. The average Bonchev–Trinajstić information content (AvgIpc) is 3.15. The number of para-hydroxylation sites is 2. The van der Waals surface area contributed by atoms with Crippen LogP contribution in [-0.2, 0) is 0 Å². The molecule has 4 aromatic rings. The standard InChI is InChI=1S/C18H13F3N6O3/c1-28-13-8-3-2-7-12(13)23-15-14(24-16-17(25-15)27-30-26-16)22-10-5-4-6-11(9-10)29-18(19,20)21/h2-9H,1H3,(H,22,24,26)(H,23,25,27). The molecule has 0 spiro atoms. The van der Waals surface area contributed by atoms with E-state index in [2.05, 4.69) is 40.3 Å². The van der Waals surface area contributed by atoms with Crippen LogP contribution in [0.2, 0.25) is 0 Å². The van der Waals surface area contributed by atoms with Gasteiger partial charge in [0, 0.05) is 11.8 Å². The van der Waals surface area contributed by atoms with E-state index in [1.54, 1.807) is 30.3 Å². The van der Waals surface area contributed by atoms with Gasteiger partial charge in [0.25, 0.3) is 0 Å². The second-order valence-electron chi connectivity index (χ2n) is 5.86. The zero-order chi connectivity index (χ0) is 21.1. The van der Waals surface area contributed by atoms with Gasteiger partial charge in [0.05, 0.1) is 12.8 Å². The van der Waals surface area contributed by atoms with E-state index in [0.29, 0.717) is 11.4 Å². The third-order valence-corrected chi connectivity index (χ3v) is 3.80. The van der Waals surface area contributed by atoms with E-state index < -0.39 is 6.36 Å². The van der Waals surface area contributed by atoms with Crippen molar-refractivity contribution in [2.75, 3.05) is 17.7 Å². The quantitative estimate of drug-likeness (QED) is 0.471. The Balaban J connectivity index is 1.70. The summed E-state index contributed by atoms with van der Waals surface area (Å²) < 4.78 is 51.4. The molecule has 0 aliphatic rings. The summed E-state index contributed by atoms with van der Waals surface area (Å²) in [5.74, 6) is 0.561. The van der Waals surface area contributed by atoms with Crippen LogP contribution in [0.25, 0.3) is 11.3 Å². The van der Waals surface area contributed by atoms with Gasteiger partial charge < -0.3 is 20.1 Å². The summed E-state index contributed by atoms with van der Waals surface area (Å²) >= 11 is 0. The highest BCUT2D eigenvalue weighted by atomic mass is 19.4. The Morgan fingerprint density at radius 3 is 2.30 bits per heavy atom. The van der Waals surface area contributed by atoms with E-state index in [-0.39, 0.29) is 34.4 Å². The molecule has 0 unspecified atom stereocenters. The van der Waals surface area contributed by atoms with Crippen molar-refractivity contribution in [2.24, 2.45) is 0 Å². The fourth-order valence-corrected chi connectivity index (χ4v) is 2.60. The average molecular weight is 418 g/mol. The highest BCUT2D eigenvalue weighted by Crippen LogP contribution is 2.32. The summed E-state index contributed by atoms with van der Waals surface area (Å²) in [6, 6.07) is 12.4. The number of alkyl halides is 3. The van der Waals surface area contributed by atoms with Gasteiger partial charge in [-0.1, -0.05) is 18.2 Å². The van der Waals surface area contributed by atoms with Crippen molar-refractivity contribution in [3.05, 3.63) is 48.5 Å². The molecular weight excluding hydrogens is 405 g/mol. The van der Waals surface area contributed by atoms with Gasteiger partial charge in [-0.2, -0.15) is 0 Å². The van der Waals surface area contributed by atoms with Crippen LogP contribution in [0, 0.1) is 0 Å². The van der Waals surface area contributed by atoms with Crippen molar-refractivity contribution in [1.29, 1.82) is 0 Å². The third-order valence-electron chi connectivity index (χ3n) is 3.80. The van der Waals surface area contributed by atoms with Crippen molar-refractivity contribution < 1.29 is 27.3 Å². The van der Waals surface area contributed by atoms with Crippen LogP contribution in [0.3, 0.4) is 0 Å². The molecule has 0 atom stereocenters. The third kappa shape index (κ3) is 4.32. The highest BCUT2D eigenvalue weighted by Gasteiger charge is 2.31. The minimum Gasteiger partial charge on any atom is -0.495 e. The largest absolute Gasteiger partial charge is 0.573 e. The summed E-state index contributed by atoms with van der Waals surface area (Å²) in [6.45, 7) is 0. The highest BCUT2D eigenvalue weighted by molar-refractivity contribution is 5.80. The number of hydrogen-bond acceptors (Lipinski definition) is 9. The first kappa shape index (κ1) is 19.2. The molecule has 0 saturated carbocycles. The Morgan fingerprint density at radius 2 is 1.60 bits per heavy atom. The number of ether oxygens (including phenoxy) is 2. The molecule has 2 aromatic heterocycles. The molecule has 0 radical (unpaired) electrons. The second kappa shape index (κ2) is 7.73. The normalized spacial score (nSPS) is 11.3. The molecular formula is C18H13F3N6O3. The fraction of sp³-hybridized carbons (Fsp3) is 0.111. The Bertz CT molecular complexity index is 1180. The number of rotatable bonds is 6. The zero-order valence-corrected chi connectivity index (χ0v) is 15.3. The summed E-state index contributed by atoms with van der Waals surface area (Å²) in [7, 11) is 1.52. The number of halogens is 3. The van der Waals surface area contributed by atoms with E-state index in [0.717, 1.165) is 0 Å². The van der Waals surface area contributed by atoms with Gasteiger partial charge in [-0.15, -0.1) is 13.2 Å². The number of anilines is 4. The van der Waals surface area contributed by atoms with Gasteiger partial charge in [0.2, 0.25) is 11.3 Å². The van der Waals surface area contributed by atoms with E-state index in [1.807, 2.05) is 0 Å². The molecule has 154 valence electrons. The number of nitrogens with zero attached hydrogens (tertiary/aromatic N) is 4. The molecule has 2 aromatic carbocycles. The Hall–Kier alpha value is -4.09.